The molecule has 1 aromatic carbocycles. The van der Waals surface area contributed by atoms with Crippen LogP contribution in [-0.4, -0.2) is 45.7 Å². The standard InChI is InChI=1S/C21H21N3O3.C2HF3O2/c1-15-19(25)23-18-17(8-5-11-22-18)21(15)9-12-24(13-10-21)20(26)27-14-16-6-3-2-4-7-16;3-2(4,5)1(6)7/h2-9,11-12,15H,10,13-14H2,1H3,(H,22,23,25);(H,6,7). The van der Waals surface area contributed by atoms with Crippen molar-refractivity contribution in [2.24, 2.45) is 5.92 Å². The van der Waals surface area contributed by atoms with Gasteiger partial charge in [0.2, 0.25) is 5.91 Å². The van der Waals surface area contributed by atoms with Crippen LogP contribution >= 0.6 is 0 Å². The second-order valence-electron chi connectivity index (χ2n) is 7.75. The maximum atomic E-state index is 12.4. The summed E-state index contributed by atoms with van der Waals surface area (Å²) in [5, 5.41) is 9.99. The summed E-state index contributed by atoms with van der Waals surface area (Å²) in [5.41, 5.74) is 1.48. The van der Waals surface area contributed by atoms with E-state index < -0.39 is 17.6 Å². The fraction of sp³-hybridized carbons (Fsp3) is 0.304. The van der Waals surface area contributed by atoms with Gasteiger partial charge in [-0.15, -0.1) is 0 Å². The van der Waals surface area contributed by atoms with E-state index in [9.17, 15) is 22.8 Å². The smallest absolute Gasteiger partial charge is 0.475 e. The van der Waals surface area contributed by atoms with E-state index in [4.69, 9.17) is 14.6 Å². The average Bonchev–Trinajstić information content (AvgIpc) is 2.82. The average molecular weight is 477 g/mol. The molecule has 0 saturated carbocycles. The van der Waals surface area contributed by atoms with Crippen molar-refractivity contribution in [2.45, 2.75) is 31.5 Å². The number of aromatic nitrogens is 1. The molecule has 0 aliphatic carbocycles. The number of carbonyl (C=O) groups excluding carboxylic acids is 2. The van der Waals surface area contributed by atoms with Crippen LogP contribution < -0.4 is 5.32 Å². The van der Waals surface area contributed by atoms with Crippen LogP contribution in [0.5, 0.6) is 0 Å². The van der Waals surface area contributed by atoms with Gasteiger partial charge in [0.25, 0.3) is 0 Å². The first kappa shape index (κ1) is 24.7. The number of nitrogens with zero attached hydrogens (tertiary/aromatic N) is 2. The van der Waals surface area contributed by atoms with Gasteiger partial charge in [-0.2, -0.15) is 13.2 Å². The molecule has 2 atom stereocenters. The second kappa shape index (κ2) is 9.94. The Balaban J connectivity index is 0.000000406. The van der Waals surface area contributed by atoms with Crippen molar-refractivity contribution in [1.29, 1.82) is 0 Å². The van der Waals surface area contributed by atoms with E-state index >= 15 is 0 Å². The zero-order chi connectivity index (χ0) is 24.9. The van der Waals surface area contributed by atoms with Crippen LogP contribution in [0.25, 0.3) is 0 Å². The van der Waals surface area contributed by atoms with E-state index in [-0.39, 0.29) is 24.5 Å². The fourth-order valence-corrected chi connectivity index (χ4v) is 3.80. The lowest BCUT2D eigenvalue weighted by atomic mass is 9.65. The summed E-state index contributed by atoms with van der Waals surface area (Å²) < 4.78 is 37.1. The number of pyridine rings is 1. The van der Waals surface area contributed by atoms with Gasteiger partial charge in [0.05, 0.1) is 0 Å². The number of benzene rings is 1. The van der Waals surface area contributed by atoms with Crippen LogP contribution in [0.3, 0.4) is 0 Å². The zero-order valence-electron chi connectivity index (χ0n) is 18.1. The summed E-state index contributed by atoms with van der Waals surface area (Å²) >= 11 is 0. The Bertz CT molecular complexity index is 1090. The summed E-state index contributed by atoms with van der Waals surface area (Å²) in [7, 11) is 0. The Morgan fingerprint density at radius 1 is 1.24 bits per heavy atom. The van der Waals surface area contributed by atoms with Crippen molar-refractivity contribution in [1.82, 2.24) is 9.88 Å². The number of fused-ring (bicyclic) bond motifs is 2. The molecular formula is C23H22F3N3O5. The van der Waals surface area contributed by atoms with Crippen molar-refractivity contribution >= 4 is 23.8 Å². The highest BCUT2D eigenvalue weighted by Gasteiger charge is 2.47. The number of halogens is 3. The van der Waals surface area contributed by atoms with E-state index in [0.29, 0.717) is 18.8 Å². The minimum atomic E-state index is -5.08. The van der Waals surface area contributed by atoms with Crippen LogP contribution in [0.2, 0.25) is 0 Å². The molecule has 1 spiro atoms. The Morgan fingerprint density at radius 2 is 1.91 bits per heavy atom. The summed E-state index contributed by atoms with van der Waals surface area (Å²) in [5.74, 6) is -2.45. The molecule has 4 rings (SSSR count). The maximum absolute atomic E-state index is 12.4. The number of rotatable bonds is 2. The minimum Gasteiger partial charge on any atom is -0.475 e. The lowest BCUT2D eigenvalue weighted by Gasteiger charge is -2.43. The van der Waals surface area contributed by atoms with Gasteiger partial charge < -0.3 is 15.2 Å². The van der Waals surface area contributed by atoms with Crippen LogP contribution in [-0.2, 0) is 26.3 Å². The van der Waals surface area contributed by atoms with Gasteiger partial charge in [-0.05, 0) is 18.1 Å². The highest BCUT2D eigenvalue weighted by molar-refractivity contribution is 5.96. The van der Waals surface area contributed by atoms with E-state index in [1.54, 1.807) is 17.3 Å². The summed E-state index contributed by atoms with van der Waals surface area (Å²) in [4.78, 5) is 39.6. The molecule has 180 valence electrons. The molecule has 0 fully saturated rings. The molecule has 3 heterocycles. The largest absolute Gasteiger partial charge is 0.490 e. The topological polar surface area (TPSA) is 109 Å². The number of nitrogens with one attached hydrogen (secondary N) is 1. The first-order valence-corrected chi connectivity index (χ1v) is 10.3. The number of hydrogen-bond donors (Lipinski definition) is 2. The van der Waals surface area contributed by atoms with E-state index in [0.717, 1.165) is 11.1 Å². The number of hydrogen-bond acceptors (Lipinski definition) is 5. The predicted molar refractivity (Wildman–Crippen MR) is 114 cm³/mol. The molecule has 1 aromatic heterocycles. The first-order chi connectivity index (χ1) is 16.0. The summed E-state index contributed by atoms with van der Waals surface area (Å²) in [6.45, 7) is 2.63. The SMILES string of the molecule is CC1C(=O)Nc2ncccc2C12C=CN(C(=O)OCc1ccccc1)CC2.O=C(O)C(F)(F)F. The van der Waals surface area contributed by atoms with Gasteiger partial charge in [-0.25, -0.2) is 14.6 Å². The lowest BCUT2D eigenvalue weighted by Crippen LogP contribution is -2.48. The third-order valence-corrected chi connectivity index (χ3v) is 5.72. The Morgan fingerprint density at radius 3 is 2.50 bits per heavy atom. The Hall–Kier alpha value is -3.89. The van der Waals surface area contributed by atoms with Crippen molar-refractivity contribution in [2.75, 3.05) is 11.9 Å². The molecule has 2 N–H and O–H groups in total. The predicted octanol–water partition coefficient (Wildman–Crippen LogP) is 4.10. The van der Waals surface area contributed by atoms with Crippen molar-refractivity contribution in [3.8, 4) is 0 Å². The van der Waals surface area contributed by atoms with Crippen molar-refractivity contribution < 1.29 is 37.4 Å². The highest BCUT2D eigenvalue weighted by Crippen LogP contribution is 2.45. The summed E-state index contributed by atoms with van der Waals surface area (Å²) in [6.07, 6.45) is 0.525. The third kappa shape index (κ3) is 5.36. The van der Waals surface area contributed by atoms with Gasteiger partial charge >= 0.3 is 18.2 Å². The number of alkyl halides is 3. The number of aliphatic carboxylic acids is 1. The molecule has 34 heavy (non-hydrogen) atoms. The van der Waals surface area contributed by atoms with Gasteiger partial charge in [-0.1, -0.05) is 49.4 Å². The molecule has 2 amide bonds. The molecule has 0 radical (unpaired) electrons. The zero-order valence-corrected chi connectivity index (χ0v) is 18.1. The van der Waals surface area contributed by atoms with E-state index in [2.05, 4.69) is 10.3 Å². The normalized spacial score (nSPS) is 21.1. The molecule has 2 aliphatic rings. The number of ether oxygens (including phenoxy) is 1. The van der Waals surface area contributed by atoms with Crippen LogP contribution in [0.4, 0.5) is 23.8 Å². The van der Waals surface area contributed by atoms with Crippen molar-refractivity contribution in [3.05, 3.63) is 72.1 Å². The molecule has 0 bridgehead atoms. The molecule has 2 aliphatic heterocycles. The quantitative estimate of drug-likeness (QED) is 0.674. The fourth-order valence-electron chi connectivity index (χ4n) is 3.80. The first-order valence-electron chi connectivity index (χ1n) is 10.3. The molecule has 2 aromatic rings. The molecular weight excluding hydrogens is 455 g/mol. The lowest BCUT2D eigenvalue weighted by molar-refractivity contribution is -0.192. The number of amides is 2. The molecule has 8 nitrogen and oxygen atoms in total. The number of carboxylic acids is 1. The van der Waals surface area contributed by atoms with E-state index in [1.807, 2.05) is 55.5 Å². The Kier molecular flexibility index (Phi) is 7.23. The van der Waals surface area contributed by atoms with E-state index in [1.165, 1.54) is 0 Å². The van der Waals surface area contributed by atoms with Gasteiger partial charge in [-0.3, -0.25) is 9.69 Å². The van der Waals surface area contributed by atoms with Gasteiger partial charge in [0.15, 0.2) is 0 Å². The monoisotopic (exact) mass is 477 g/mol. The number of anilines is 1. The Labute approximate surface area is 193 Å². The second-order valence-corrected chi connectivity index (χ2v) is 7.75. The summed E-state index contributed by atoms with van der Waals surface area (Å²) in [6, 6.07) is 13.4. The van der Waals surface area contributed by atoms with Gasteiger partial charge in [0.1, 0.15) is 12.4 Å². The van der Waals surface area contributed by atoms with Crippen LogP contribution in [0, 0.1) is 5.92 Å². The number of carboxylic acid groups (broad SMARTS) is 1. The third-order valence-electron chi connectivity index (χ3n) is 5.72. The van der Waals surface area contributed by atoms with Crippen LogP contribution in [0.15, 0.2) is 60.9 Å². The highest BCUT2D eigenvalue weighted by atomic mass is 19.4. The van der Waals surface area contributed by atoms with Crippen molar-refractivity contribution in [3.63, 3.8) is 0 Å². The number of carbonyl (C=O) groups is 3. The van der Waals surface area contributed by atoms with Gasteiger partial charge in [0, 0.05) is 35.8 Å². The molecule has 0 saturated heterocycles. The molecule has 2 unspecified atom stereocenters. The molecule has 11 heteroatoms. The van der Waals surface area contributed by atoms with Crippen LogP contribution in [0.1, 0.15) is 24.5 Å². The minimum absolute atomic E-state index is 0.0500. The maximum Gasteiger partial charge on any atom is 0.490 e. The number of allylic oxidation sites excluding steroid dienone is 1.